The van der Waals surface area contributed by atoms with Gasteiger partial charge in [-0.05, 0) is 56.2 Å². The van der Waals surface area contributed by atoms with Crippen LogP contribution in [0.5, 0.6) is 0 Å². The maximum atomic E-state index is 14.1. The number of hydrogen-bond donors (Lipinski definition) is 0. The van der Waals surface area contributed by atoms with Gasteiger partial charge in [0, 0.05) is 29.4 Å². The lowest BCUT2D eigenvalue weighted by Crippen LogP contribution is -2.52. The summed E-state index contributed by atoms with van der Waals surface area (Å²) in [6.45, 7) is 4.51. The molecular weight excluding hydrogens is 509 g/mol. The first kappa shape index (κ1) is 29.1. The van der Waals surface area contributed by atoms with Gasteiger partial charge in [-0.2, -0.15) is 23.7 Å². The molecular formula is C29H27F3N4O3. The molecule has 0 saturated carbocycles. The zero-order chi connectivity index (χ0) is 28.9. The number of amides is 2. The fourth-order valence-corrected chi connectivity index (χ4v) is 4.85. The summed E-state index contributed by atoms with van der Waals surface area (Å²) in [5.74, 6) is -4.58. The minimum absolute atomic E-state index is 0.0856. The van der Waals surface area contributed by atoms with E-state index >= 15 is 0 Å². The van der Waals surface area contributed by atoms with Crippen LogP contribution in [0.4, 0.5) is 18.9 Å². The van der Waals surface area contributed by atoms with Crippen LogP contribution < -0.4 is 4.90 Å². The highest BCUT2D eigenvalue weighted by Gasteiger charge is 2.48. The number of unbranched alkanes of at least 4 members (excludes halogenated alkanes) is 1. The van der Waals surface area contributed by atoms with Gasteiger partial charge in [-0.3, -0.25) is 19.3 Å². The molecule has 2 aromatic carbocycles. The molecule has 0 aliphatic carbocycles. The lowest BCUT2D eigenvalue weighted by molar-refractivity contribution is -0.142. The van der Waals surface area contributed by atoms with Gasteiger partial charge in [-0.25, -0.2) is 0 Å². The average Bonchev–Trinajstić information content (AvgIpc) is 2.90. The van der Waals surface area contributed by atoms with Crippen molar-refractivity contribution in [3.63, 3.8) is 0 Å². The third-order valence-electron chi connectivity index (χ3n) is 6.69. The first-order valence-electron chi connectivity index (χ1n) is 12.3. The highest BCUT2D eigenvalue weighted by atomic mass is 19.4. The van der Waals surface area contributed by atoms with Crippen LogP contribution in [0.2, 0.25) is 0 Å². The number of nitriles is 2. The Morgan fingerprint density at radius 1 is 1.10 bits per heavy atom. The van der Waals surface area contributed by atoms with Gasteiger partial charge in [0.05, 0.1) is 23.3 Å². The molecule has 2 aromatic rings. The summed E-state index contributed by atoms with van der Waals surface area (Å²) in [5, 5.41) is 18.6. The topological polar surface area (TPSA) is 105 Å². The molecule has 0 aromatic heterocycles. The number of anilines is 1. The molecule has 0 radical (unpaired) electrons. The Hall–Kier alpha value is -4.44. The Labute approximate surface area is 224 Å². The number of carbonyl (C=O) groups excluding carboxylic acids is 3. The molecule has 2 atom stereocenters. The number of ketones is 1. The molecule has 2 amide bonds. The number of rotatable bonds is 8. The molecule has 39 heavy (non-hydrogen) atoms. The van der Waals surface area contributed by atoms with E-state index in [-0.39, 0.29) is 30.0 Å². The van der Waals surface area contributed by atoms with Crippen LogP contribution >= 0.6 is 0 Å². The Balaban J connectivity index is 2.30. The monoisotopic (exact) mass is 536 g/mol. The molecule has 7 nitrogen and oxygen atoms in total. The van der Waals surface area contributed by atoms with E-state index in [0.29, 0.717) is 24.0 Å². The van der Waals surface area contributed by atoms with Crippen LogP contribution in [0.25, 0.3) is 0 Å². The Morgan fingerprint density at radius 3 is 2.31 bits per heavy atom. The summed E-state index contributed by atoms with van der Waals surface area (Å²) >= 11 is 0. The number of hydrogen-bond acceptors (Lipinski definition) is 5. The van der Waals surface area contributed by atoms with Crippen molar-refractivity contribution in [3.05, 3.63) is 76.5 Å². The molecule has 1 aliphatic heterocycles. The quantitative estimate of drug-likeness (QED) is 0.335. The predicted molar refractivity (Wildman–Crippen MR) is 137 cm³/mol. The Morgan fingerprint density at radius 2 is 1.77 bits per heavy atom. The fourth-order valence-electron chi connectivity index (χ4n) is 4.85. The van der Waals surface area contributed by atoms with E-state index < -0.39 is 41.2 Å². The van der Waals surface area contributed by atoms with Crippen molar-refractivity contribution in [2.75, 3.05) is 18.0 Å². The predicted octanol–water partition coefficient (Wildman–Crippen LogP) is 5.34. The third kappa shape index (κ3) is 6.01. The van der Waals surface area contributed by atoms with Gasteiger partial charge in [-0.1, -0.05) is 31.5 Å². The summed E-state index contributed by atoms with van der Waals surface area (Å²) in [7, 11) is 0. The molecule has 0 fully saturated rings. The molecule has 202 valence electrons. The third-order valence-corrected chi connectivity index (χ3v) is 6.69. The zero-order valence-corrected chi connectivity index (χ0v) is 21.7. The maximum Gasteiger partial charge on any atom is 0.416 e. The van der Waals surface area contributed by atoms with Crippen molar-refractivity contribution in [3.8, 4) is 12.1 Å². The summed E-state index contributed by atoms with van der Waals surface area (Å²) in [6, 6.07) is 14.1. The molecule has 10 heteroatoms. The van der Waals surface area contributed by atoms with Crippen molar-refractivity contribution in [1.82, 2.24) is 4.90 Å². The van der Waals surface area contributed by atoms with Gasteiger partial charge >= 0.3 is 6.18 Å². The van der Waals surface area contributed by atoms with E-state index in [1.807, 2.05) is 19.1 Å². The minimum atomic E-state index is -4.68. The maximum absolute atomic E-state index is 14.1. The van der Waals surface area contributed by atoms with Gasteiger partial charge < -0.3 is 4.90 Å². The number of Topliss-reactive ketones (excluding diaryl/α,β-unsaturated/α-hetero) is 1. The van der Waals surface area contributed by atoms with Crippen molar-refractivity contribution < 1.29 is 27.6 Å². The van der Waals surface area contributed by atoms with E-state index in [9.17, 15) is 38.1 Å². The lowest BCUT2D eigenvalue weighted by Gasteiger charge is -2.40. The molecule has 3 rings (SSSR count). The van der Waals surface area contributed by atoms with E-state index in [1.54, 1.807) is 12.1 Å². The second-order valence-electron chi connectivity index (χ2n) is 9.24. The van der Waals surface area contributed by atoms with Crippen LogP contribution in [0.1, 0.15) is 56.2 Å². The number of benzene rings is 2. The van der Waals surface area contributed by atoms with Gasteiger partial charge in [0.2, 0.25) is 11.8 Å². The molecule has 0 spiro atoms. The molecule has 1 heterocycles. The van der Waals surface area contributed by atoms with Crippen LogP contribution in [0, 0.1) is 28.6 Å². The molecule has 1 aliphatic rings. The number of nitrogens with zero attached hydrogens (tertiary/aromatic N) is 4. The molecule has 0 saturated heterocycles. The first-order chi connectivity index (χ1) is 18.5. The fraction of sp³-hybridized carbons (Fsp3) is 0.345. The van der Waals surface area contributed by atoms with Crippen LogP contribution in [-0.4, -0.2) is 35.6 Å². The molecule has 2 unspecified atom stereocenters. The Kier molecular flexibility index (Phi) is 8.92. The first-order valence-corrected chi connectivity index (χ1v) is 12.3. The molecule has 0 N–H and O–H groups in total. The number of carbonyl (C=O) groups is 3. The molecule has 0 bridgehead atoms. The number of halogens is 3. The Bertz CT molecular complexity index is 1380. The van der Waals surface area contributed by atoms with Gasteiger partial charge in [-0.15, -0.1) is 0 Å². The smallest absolute Gasteiger partial charge is 0.329 e. The number of allylic oxidation sites excluding steroid dienone is 2. The number of alkyl halides is 3. The highest BCUT2D eigenvalue weighted by molar-refractivity contribution is 6.15. The van der Waals surface area contributed by atoms with E-state index in [4.69, 9.17) is 0 Å². The largest absolute Gasteiger partial charge is 0.416 e. The van der Waals surface area contributed by atoms with Crippen molar-refractivity contribution >= 4 is 23.3 Å². The van der Waals surface area contributed by atoms with Crippen LogP contribution in [-0.2, 0) is 20.6 Å². The average molecular weight is 537 g/mol. The summed E-state index contributed by atoms with van der Waals surface area (Å²) in [6.07, 6.45) is -3.41. The zero-order valence-electron chi connectivity index (χ0n) is 21.7. The van der Waals surface area contributed by atoms with Gasteiger partial charge in [0.15, 0.2) is 5.78 Å². The second-order valence-corrected chi connectivity index (χ2v) is 9.24. The summed E-state index contributed by atoms with van der Waals surface area (Å²) in [4.78, 5) is 43.3. The van der Waals surface area contributed by atoms with Gasteiger partial charge in [0.1, 0.15) is 12.5 Å². The highest BCUT2D eigenvalue weighted by Crippen LogP contribution is 2.44. The van der Waals surface area contributed by atoms with E-state index in [0.717, 1.165) is 23.1 Å². The normalized spacial score (nSPS) is 17.4. The van der Waals surface area contributed by atoms with E-state index in [1.165, 1.54) is 36.9 Å². The summed E-state index contributed by atoms with van der Waals surface area (Å²) < 4.78 is 40.5. The van der Waals surface area contributed by atoms with Crippen molar-refractivity contribution in [1.29, 1.82) is 10.5 Å². The SMILES string of the molecule is CCCCN(CC#N)C(=O)C1C(=O)N(c2cccc(C(F)(F)F)c2)C(C)=C(C(C)=O)C1c1ccc(C#N)cc1. The van der Waals surface area contributed by atoms with Crippen LogP contribution in [0.15, 0.2) is 59.8 Å². The van der Waals surface area contributed by atoms with Crippen molar-refractivity contribution in [2.45, 2.75) is 45.7 Å². The minimum Gasteiger partial charge on any atom is -0.329 e. The van der Waals surface area contributed by atoms with E-state index in [2.05, 4.69) is 0 Å². The summed E-state index contributed by atoms with van der Waals surface area (Å²) in [5.41, 5.74) is -0.193. The second kappa shape index (κ2) is 12.0. The van der Waals surface area contributed by atoms with Gasteiger partial charge in [0.25, 0.3) is 0 Å². The standard InChI is InChI=1S/C29H27F3N4O3/c1-4-5-14-35(15-13-33)27(38)26-25(21-11-9-20(17-34)10-12-21)24(19(3)37)18(2)36(28(26)39)23-8-6-7-22(16-23)29(30,31)32/h6-12,16,25-26H,4-5,14-15H2,1-3H3. The lowest BCUT2D eigenvalue weighted by atomic mass is 9.74. The van der Waals surface area contributed by atoms with Crippen LogP contribution in [0.3, 0.4) is 0 Å². The van der Waals surface area contributed by atoms with Crippen molar-refractivity contribution in [2.24, 2.45) is 5.92 Å².